The number of halogens is 3. The van der Waals surface area contributed by atoms with E-state index in [1.54, 1.807) is 24.3 Å². The average Bonchev–Trinajstić information content (AvgIpc) is 2.98. The highest BCUT2D eigenvalue weighted by Gasteiger charge is 2.22. The highest BCUT2D eigenvalue weighted by Crippen LogP contribution is 2.32. The van der Waals surface area contributed by atoms with Crippen molar-refractivity contribution in [2.24, 2.45) is 0 Å². The van der Waals surface area contributed by atoms with E-state index in [9.17, 15) is 8.42 Å². The van der Waals surface area contributed by atoms with Gasteiger partial charge >= 0.3 is 0 Å². The van der Waals surface area contributed by atoms with Gasteiger partial charge in [-0.15, -0.1) is 0 Å². The monoisotopic (exact) mass is 522 g/mol. The number of hydrogen-bond acceptors (Lipinski definition) is 4. The minimum absolute atomic E-state index is 0.0480. The van der Waals surface area contributed by atoms with E-state index in [4.69, 9.17) is 16.3 Å². The minimum Gasteiger partial charge on any atom is -0.487 e. The van der Waals surface area contributed by atoms with Gasteiger partial charge in [-0.05, 0) is 75.7 Å². The number of hydrogen-bond donors (Lipinski definition) is 1. The van der Waals surface area contributed by atoms with E-state index in [1.165, 1.54) is 12.1 Å². The number of rotatable bonds is 5. The van der Waals surface area contributed by atoms with Crippen LogP contribution >= 0.6 is 43.5 Å². The van der Waals surface area contributed by atoms with Crippen molar-refractivity contribution in [3.05, 3.63) is 50.4 Å². The molecule has 1 aliphatic rings. The lowest BCUT2D eigenvalue weighted by molar-refractivity contribution is 0.208. The third-order valence-corrected chi connectivity index (χ3v) is 7.60. The van der Waals surface area contributed by atoms with Crippen LogP contribution in [0.5, 0.6) is 5.75 Å². The first-order valence-corrected chi connectivity index (χ1v) is 11.3. The van der Waals surface area contributed by atoms with Crippen molar-refractivity contribution in [3.63, 3.8) is 0 Å². The fourth-order valence-electron chi connectivity index (χ4n) is 2.69. The predicted molar refractivity (Wildman–Crippen MR) is 111 cm³/mol. The SMILES string of the molecule is CN1CCC(Oc2cc(NS(=O)(=O)c3ccc(Br)c(Br)c3)ccc2Cl)C1. The van der Waals surface area contributed by atoms with Crippen molar-refractivity contribution in [3.8, 4) is 5.75 Å². The number of benzene rings is 2. The number of anilines is 1. The summed E-state index contributed by atoms with van der Waals surface area (Å²) in [6.45, 7) is 1.78. The Bertz CT molecular complexity index is 924. The van der Waals surface area contributed by atoms with Crippen molar-refractivity contribution in [1.82, 2.24) is 4.90 Å². The van der Waals surface area contributed by atoms with Crippen LogP contribution in [0.4, 0.5) is 5.69 Å². The number of nitrogens with zero attached hydrogens (tertiary/aromatic N) is 1. The maximum Gasteiger partial charge on any atom is 0.261 e. The molecular weight excluding hydrogens is 508 g/mol. The predicted octanol–water partition coefficient (Wildman–Crippen LogP) is 4.75. The number of sulfonamides is 1. The van der Waals surface area contributed by atoms with Gasteiger partial charge in [-0.25, -0.2) is 8.42 Å². The summed E-state index contributed by atoms with van der Waals surface area (Å²) in [4.78, 5) is 2.33. The zero-order valence-electron chi connectivity index (χ0n) is 13.9. The Morgan fingerprint density at radius 3 is 2.62 bits per heavy atom. The highest BCUT2D eigenvalue weighted by molar-refractivity contribution is 9.13. The van der Waals surface area contributed by atoms with E-state index in [2.05, 4.69) is 41.5 Å². The molecule has 0 amide bonds. The van der Waals surface area contributed by atoms with Gasteiger partial charge in [0.15, 0.2) is 0 Å². The van der Waals surface area contributed by atoms with Crippen molar-refractivity contribution < 1.29 is 13.2 Å². The second-order valence-corrected chi connectivity index (χ2v) is 9.92. The maximum absolute atomic E-state index is 12.6. The Labute approximate surface area is 175 Å². The minimum atomic E-state index is -3.73. The fraction of sp³-hybridized carbons (Fsp3) is 0.294. The summed E-state index contributed by atoms with van der Waals surface area (Å²) >= 11 is 12.9. The van der Waals surface area contributed by atoms with E-state index in [-0.39, 0.29) is 11.0 Å². The van der Waals surface area contributed by atoms with Gasteiger partial charge in [0, 0.05) is 28.1 Å². The van der Waals surface area contributed by atoms with Crippen LogP contribution in [0.25, 0.3) is 0 Å². The molecule has 1 unspecified atom stereocenters. The Morgan fingerprint density at radius 1 is 1.19 bits per heavy atom. The standard InChI is InChI=1S/C17H17Br2ClN2O3S/c1-22-7-6-12(10-22)25-17-8-11(2-5-16(17)20)21-26(23,24)13-3-4-14(18)15(19)9-13/h2-5,8-9,12,21H,6-7,10H2,1H3. The van der Waals surface area contributed by atoms with Gasteiger partial charge in [0.2, 0.25) is 0 Å². The van der Waals surface area contributed by atoms with Crippen molar-refractivity contribution in [2.75, 3.05) is 24.9 Å². The molecule has 5 nitrogen and oxygen atoms in total. The number of likely N-dealkylation sites (N-methyl/N-ethyl adjacent to an activating group) is 1. The maximum atomic E-state index is 12.6. The summed E-state index contributed by atoms with van der Waals surface area (Å²) in [6, 6.07) is 9.59. The molecule has 9 heteroatoms. The Balaban J connectivity index is 1.80. The summed E-state index contributed by atoms with van der Waals surface area (Å²) < 4.78 is 35.2. The molecule has 1 fully saturated rings. The van der Waals surface area contributed by atoms with Crippen LogP contribution in [0.3, 0.4) is 0 Å². The third-order valence-electron chi connectivity index (χ3n) is 4.03. The zero-order valence-corrected chi connectivity index (χ0v) is 18.6. The van der Waals surface area contributed by atoms with Crippen LogP contribution in [0, 0.1) is 0 Å². The summed E-state index contributed by atoms with van der Waals surface area (Å²) in [5.41, 5.74) is 0.398. The first-order chi connectivity index (χ1) is 12.2. The van der Waals surface area contributed by atoms with Gasteiger partial charge in [-0.1, -0.05) is 11.6 Å². The van der Waals surface area contributed by atoms with Gasteiger partial charge in [0.05, 0.1) is 15.6 Å². The average molecular weight is 525 g/mol. The molecule has 1 aliphatic heterocycles. The topological polar surface area (TPSA) is 58.6 Å². The summed E-state index contributed by atoms with van der Waals surface area (Å²) in [6.07, 6.45) is 0.960. The molecule has 0 bridgehead atoms. The Hall–Kier alpha value is -0.800. The van der Waals surface area contributed by atoms with Crippen LogP contribution in [-0.2, 0) is 10.0 Å². The second-order valence-electron chi connectivity index (χ2n) is 6.12. The van der Waals surface area contributed by atoms with Crippen LogP contribution in [-0.4, -0.2) is 39.6 Å². The molecule has 0 aliphatic carbocycles. The van der Waals surface area contributed by atoms with Crippen molar-refractivity contribution >= 4 is 59.2 Å². The van der Waals surface area contributed by atoms with Crippen LogP contribution in [0.2, 0.25) is 5.02 Å². The summed E-state index contributed by atoms with van der Waals surface area (Å²) in [5, 5.41) is 0.453. The normalized spacial score (nSPS) is 18.1. The molecule has 1 atom stereocenters. The molecule has 1 saturated heterocycles. The molecule has 0 radical (unpaired) electrons. The number of ether oxygens (including phenoxy) is 1. The zero-order chi connectivity index (χ0) is 18.9. The summed E-state index contributed by atoms with van der Waals surface area (Å²) in [5.74, 6) is 0.476. The van der Waals surface area contributed by atoms with Crippen LogP contribution in [0.1, 0.15) is 6.42 Å². The van der Waals surface area contributed by atoms with E-state index < -0.39 is 10.0 Å². The van der Waals surface area contributed by atoms with Crippen molar-refractivity contribution in [1.29, 1.82) is 0 Å². The fourth-order valence-corrected chi connectivity index (χ4v) is 4.70. The highest BCUT2D eigenvalue weighted by atomic mass is 79.9. The molecular formula is C17H17Br2ClN2O3S. The molecule has 0 spiro atoms. The third kappa shape index (κ3) is 4.72. The van der Waals surface area contributed by atoms with Crippen molar-refractivity contribution in [2.45, 2.75) is 17.4 Å². The molecule has 0 aromatic heterocycles. The van der Waals surface area contributed by atoms with E-state index >= 15 is 0 Å². The second kappa shape index (κ2) is 8.06. The van der Waals surface area contributed by atoms with Gasteiger partial charge in [0.1, 0.15) is 11.9 Å². The Morgan fingerprint density at radius 2 is 1.96 bits per heavy atom. The van der Waals surface area contributed by atoms with Crippen LogP contribution in [0.15, 0.2) is 50.2 Å². The molecule has 1 heterocycles. The van der Waals surface area contributed by atoms with E-state index in [0.29, 0.717) is 20.9 Å². The molecule has 1 N–H and O–H groups in total. The molecule has 26 heavy (non-hydrogen) atoms. The first-order valence-electron chi connectivity index (χ1n) is 7.87. The molecule has 2 aromatic carbocycles. The lowest BCUT2D eigenvalue weighted by atomic mass is 10.3. The lowest BCUT2D eigenvalue weighted by Crippen LogP contribution is -2.21. The molecule has 0 saturated carbocycles. The van der Waals surface area contributed by atoms with Gasteiger partial charge < -0.3 is 9.64 Å². The molecule has 140 valence electrons. The van der Waals surface area contributed by atoms with Gasteiger partial charge in [-0.2, -0.15) is 0 Å². The van der Waals surface area contributed by atoms with E-state index in [0.717, 1.165) is 24.0 Å². The summed E-state index contributed by atoms with van der Waals surface area (Å²) in [7, 11) is -1.69. The lowest BCUT2D eigenvalue weighted by Gasteiger charge is -2.16. The Kier molecular flexibility index (Phi) is 6.18. The molecule has 3 rings (SSSR count). The van der Waals surface area contributed by atoms with Gasteiger partial charge in [-0.3, -0.25) is 4.72 Å². The smallest absolute Gasteiger partial charge is 0.261 e. The molecule has 2 aromatic rings. The van der Waals surface area contributed by atoms with Crippen LogP contribution < -0.4 is 9.46 Å². The quantitative estimate of drug-likeness (QED) is 0.614. The van der Waals surface area contributed by atoms with E-state index in [1.807, 2.05) is 7.05 Å². The number of nitrogens with one attached hydrogen (secondary N) is 1. The first kappa shape index (κ1) is 19.9. The largest absolute Gasteiger partial charge is 0.487 e. The number of likely N-dealkylation sites (tertiary alicyclic amines) is 1. The van der Waals surface area contributed by atoms with Gasteiger partial charge in [0.25, 0.3) is 10.0 Å².